The lowest BCUT2D eigenvalue weighted by molar-refractivity contribution is 0.426. The third kappa shape index (κ3) is 15.4. The summed E-state index contributed by atoms with van der Waals surface area (Å²) in [5.74, 6) is 0. The van der Waals surface area contributed by atoms with Crippen LogP contribution in [0.4, 0.5) is 0 Å². The molecule has 2 N–H and O–H groups in total. The van der Waals surface area contributed by atoms with Crippen LogP contribution >= 0.6 is 54.5 Å². The van der Waals surface area contributed by atoms with Gasteiger partial charge in [-0.15, -0.1) is 0 Å². The predicted molar refractivity (Wildman–Crippen MR) is 568 cm³/mol. The van der Waals surface area contributed by atoms with Gasteiger partial charge in [0, 0.05) is 61.9 Å². The molecule has 0 spiro atoms. The third-order valence-corrected chi connectivity index (χ3v) is 27.3. The van der Waals surface area contributed by atoms with Crippen molar-refractivity contribution in [3.63, 3.8) is 0 Å². The van der Waals surface area contributed by atoms with Gasteiger partial charge >= 0.3 is 7.12 Å². The zero-order valence-corrected chi connectivity index (χ0v) is 75.9. The van der Waals surface area contributed by atoms with Crippen molar-refractivity contribution in [3.8, 4) is 72.7 Å². The smallest absolute Gasteiger partial charge is 0.423 e. The second-order valence-corrected chi connectivity index (χ2v) is 36.2. The quantitative estimate of drug-likeness (QED) is 0.0905. The van der Waals surface area contributed by atoms with Crippen LogP contribution in [0.15, 0.2) is 476 Å². The molecule has 0 radical (unpaired) electrons. The third-order valence-electron chi connectivity index (χ3n) is 25.5. The Morgan fingerprint density at radius 2 is 0.531 bits per heavy atom. The molecule has 1 aliphatic rings. The van der Waals surface area contributed by atoms with Crippen molar-refractivity contribution in [1.29, 1.82) is 0 Å². The summed E-state index contributed by atoms with van der Waals surface area (Å²) in [6.07, 6.45) is 1.02. The van der Waals surface area contributed by atoms with Gasteiger partial charge < -0.3 is 23.7 Å². The van der Waals surface area contributed by atoms with Crippen molar-refractivity contribution < 1.29 is 10.0 Å². The van der Waals surface area contributed by atoms with E-state index >= 15 is 0 Å². The SMILES string of the molecule is Brc1ccc(-c2cc3ccccc3c3ccccc23)cc1.Brc1ccc(I)cc1.OB(O)c1cc2ccccc2c2ccccc12.c1ccc(-n2c3ccccc3c3cc(-c4ccc5c(c4)Cc4ccccc4-5)ccc32)cc1.c1ccc(-n2c3ccccc3c3cc(-c4ccc5c6ccccc6n(-c6ccc(-c7cc8ccccc8c8ccccc78)cc6)c5c4)ccc32)cc1. The summed E-state index contributed by atoms with van der Waals surface area (Å²) in [5.41, 5.74) is 27.0. The molecule has 616 valence electrons. The Morgan fingerprint density at radius 3 is 1.02 bits per heavy atom. The summed E-state index contributed by atoms with van der Waals surface area (Å²) in [5, 5.41) is 40.9. The molecular weight excluding hydrogens is 1820 g/mol. The molecule has 25 aromatic rings. The van der Waals surface area contributed by atoms with E-state index in [0.717, 1.165) is 42.6 Å². The maximum Gasteiger partial charge on any atom is 0.489 e. The monoisotopic (exact) mass is 1900 g/mol. The Balaban J connectivity index is 0.000000107. The summed E-state index contributed by atoms with van der Waals surface area (Å²) in [4.78, 5) is 0. The van der Waals surface area contributed by atoms with Gasteiger partial charge in [0.25, 0.3) is 0 Å². The second-order valence-electron chi connectivity index (χ2n) is 33.1. The largest absolute Gasteiger partial charge is 0.489 e. The van der Waals surface area contributed by atoms with Crippen LogP contribution in [0, 0.1) is 3.57 Å². The van der Waals surface area contributed by atoms with E-state index < -0.39 is 7.12 Å². The summed E-state index contributed by atoms with van der Waals surface area (Å²) < 4.78 is 10.7. The lowest BCUT2D eigenvalue weighted by Gasteiger charge is -2.13. The summed E-state index contributed by atoms with van der Waals surface area (Å²) in [6.45, 7) is 0. The minimum atomic E-state index is -1.44. The Morgan fingerprint density at radius 1 is 0.208 bits per heavy atom. The van der Waals surface area contributed by atoms with Crippen molar-refractivity contribution in [1.82, 2.24) is 13.7 Å². The zero-order chi connectivity index (χ0) is 87.3. The summed E-state index contributed by atoms with van der Waals surface area (Å²) in [6, 6.07) is 167. The number of hydrogen-bond donors (Lipinski definition) is 2. The zero-order valence-electron chi connectivity index (χ0n) is 70.6. The molecule has 26 rings (SSSR count). The van der Waals surface area contributed by atoms with Crippen LogP contribution in [0.2, 0.25) is 0 Å². The molecule has 1 aliphatic carbocycles. The van der Waals surface area contributed by atoms with Gasteiger partial charge in [-0.25, -0.2) is 0 Å². The second kappa shape index (κ2) is 35.3. The van der Waals surface area contributed by atoms with Crippen LogP contribution in [-0.4, -0.2) is 30.9 Å². The summed E-state index contributed by atoms with van der Waals surface area (Å²) >= 11 is 9.13. The lowest BCUT2D eigenvalue weighted by Crippen LogP contribution is -2.30. The number of fused-ring (bicyclic) bond motifs is 21. The van der Waals surface area contributed by atoms with E-state index in [1.54, 1.807) is 0 Å². The molecule has 9 heteroatoms. The molecule has 0 saturated heterocycles. The fourth-order valence-electron chi connectivity index (χ4n) is 19.5. The first kappa shape index (κ1) is 81.2. The maximum absolute atomic E-state index is 9.44. The molecule has 130 heavy (non-hydrogen) atoms. The molecule has 3 heterocycles. The van der Waals surface area contributed by atoms with Crippen LogP contribution in [0.3, 0.4) is 0 Å². The molecule has 5 nitrogen and oxygen atoms in total. The summed E-state index contributed by atoms with van der Waals surface area (Å²) in [7, 11) is -1.44. The van der Waals surface area contributed by atoms with Gasteiger partial charge in [-0.2, -0.15) is 0 Å². The average Bonchev–Trinajstić information content (AvgIpc) is 1.55. The highest BCUT2D eigenvalue weighted by molar-refractivity contribution is 14.1. The van der Waals surface area contributed by atoms with E-state index in [1.165, 1.54) is 190 Å². The van der Waals surface area contributed by atoms with E-state index in [0.29, 0.717) is 5.46 Å². The molecule has 0 unspecified atom stereocenters. The predicted octanol–water partition coefficient (Wildman–Crippen LogP) is 32.7. The number of aromatic nitrogens is 3. The maximum atomic E-state index is 9.44. The number of halogens is 3. The van der Waals surface area contributed by atoms with Gasteiger partial charge in [0.15, 0.2) is 0 Å². The average molecular weight is 1910 g/mol. The highest BCUT2D eigenvalue weighted by atomic mass is 127. The van der Waals surface area contributed by atoms with E-state index in [2.05, 4.69) is 469 Å². The van der Waals surface area contributed by atoms with E-state index in [9.17, 15) is 10.0 Å². The molecule has 0 fully saturated rings. The first-order valence-electron chi connectivity index (χ1n) is 43.8. The van der Waals surface area contributed by atoms with Gasteiger partial charge in [0.1, 0.15) is 0 Å². The number of nitrogens with zero attached hydrogens (tertiary/aromatic N) is 3. The van der Waals surface area contributed by atoms with Crippen molar-refractivity contribution >= 4 is 197 Å². The van der Waals surface area contributed by atoms with Crippen molar-refractivity contribution in [2.24, 2.45) is 0 Å². The first-order valence-corrected chi connectivity index (χ1v) is 46.5. The first-order chi connectivity index (χ1) is 64.0. The Bertz CT molecular complexity index is 8620. The topological polar surface area (TPSA) is 55.2 Å². The van der Waals surface area contributed by atoms with E-state index in [4.69, 9.17) is 0 Å². The highest BCUT2D eigenvalue weighted by Gasteiger charge is 2.23. The van der Waals surface area contributed by atoms with E-state index in [-0.39, 0.29) is 0 Å². The molecule has 0 aliphatic heterocycles. The van der Waals surface area contributed by atoms with Gasteiger partial charge in [-0.3, -0.25) is 0 Å². The molecule has 22 aromatic carbocycles. The van der Waals surface area contributed by atoms with Crippen molar-refractivity contribution in [3.05, 3.63) is 491 Å². The Labute approximate surface area is 783 Å². The highest BCUT2D eigenvalue weighted by Crippen LogP contribution is 2.45. The van der Waals surface area contributed by atoms with E-state index in [1.807, 2.05) is 66.7 Å². The normalized spacial score (nSPS) is 11.5. The van der Waals surface area contributed by atoms with Crippen LogP contribution in [-0.2, 0) is 6.42 Å². The van der Waals surface area contributed by atoms with Gasteiger partial charge in [-0.1, -0.05) is 366 Å². The fraction of sp³-hybridized carbons (Fsp3) is 0.00826. The molecular formula is C121H81BBr2IN3O2. The molecule has 0 amide bonds. The van der Waals surface area contributed by atoms with Crippen molar-refractivity contribution in [2.45, 2.75) is 6.42 Å². The molecule has 3 aromatic heterocycles. The number of hydrogen-bond acceptors (Lipinski definition) is 2. The minimum absolute atomic E-state index is 0.555. The van der Waals surface area contributed by atoms with Crippen LogP contribution in [0.5, 0.6) is 0 Å². The van der Waals surface area contributed by atoms with Gasteiger partial charge in [-0.05, 0) is 299 Å². The number of para-hydroxylation sites is 5. The van der Waals surface area contributed by atoms with Crippen LogP contribution in [0.1, 0.15) is 11.1 Å². The standard InChI is InChI=1S/C50H32N2.C31H21N.C20H13Br.C14H11BO2.C6H4BrI/c1-2-13-37(14-3-1)51-48-21-11-9-19-43(48)46-30-34(25-29-49(46)51)35-24-28-44-42-18-8-10-20-47(42)52(50(44)32-35)38-26-22-33(23-27-38)45-31-36-12-4-5-15-39(36)40-16-6-7-17-41(40)45;1-2-9-25(10-3-1)32-30-13-7-6-12-28(30)29-20-22(15-17-31(29)32)21-14-16-27-24(18-21)19-23-8-4-5-11-26(23)27;21-16-11-9-14(10-12-16)20-13-15-5-1-2-6-17(15)18-7-3-4-8-19(18)20;16-15(17)14-9-10-5-1-2-6-11(10)12-7-3-4-8-13(12)14;7-5-1-3-6(8)4-2-5/h1-32H;1-18,20H,19H2;1-13H;1-9,16-17H;1-4H. The molecule has 0 atom stereocenters. The van der Waals surface area contributed by atoms with Crippen LogP contribution < -0.4 is 5.46 Å². The number of rotatable bonds is 8. The minimum Gasteiger partial charge on any atom is -0.423 e. The van der Waals surface area contributed by atoms with Crippen LogP contribution in [0.25, 0.3) is 203 Å². The Hall–Kier alpha value is -14.5. The molecule has 0 saturated carbocycles. The van der Waals surface area contributed by atoms with Crippen molar-refractivity contribution in [2.75, 3.05) is 0 Å². The van der Waals surface area contributed by atoms with Gasteiger partial charge in [0.2, 0.25) is 0 Å². The molecule has 0 bridgehead atoms. The van der Waals surface area contributed by atoms with Gasteiger partial charge in [0.05, 0.1) is 33.1 Å². The number of benzene rings is 22. The lowest BCUT2D eigenvalue weighted by atomic mass is 9.76. The fourth-order valence-corrected chi connectivity index (χ4v) is 20.4. The Kier molecular flexibility index (Phi) is 22.0.